The molecule has 0 saturated carbocycles. The topological polar surface area (TPSA) is 89.3 Å². The Kier molecular flexibility index (Phi) is 6.21. The van der Waals surface area contributed by atoms with Gasteiger partial charge in [-0.3, -0.25) is 10.1 Å². The third-order valence-electron chi connectivity index (χ3n) is 4.36. The lowest BCUT2D eigenvalue weighted by Gasteiger charge is -2.16. The minimum atomic E-state index is -3.89. The number of hydrogen-bond donors (Lipinski definition) is 1. The maximum Gasteiger partial charge on any atom is 0.269 e. The molecule has 0 aliphatic carbocycles. The Labute approximate surface area is 169 Å². The van der Waals surface area contributed by atoms with Crippen molar-refractivity contribution < 1.29 is 13.3 Å². The monoisotopic (exact) mass is 408 g/mol. The molecular weight excluding hydrogens is 388 g/mol. The van der Waals surface area contributed by atoms with Crippen LogP contribution in [0.4, 0.5) is 5.69 Å². The summed E-state index contributed by atoms with van der Waals surface area (Å²) < 4.78 is 28.4. The quantitative estimate of drug-likeness (QED) is 0.456. The number of nitrogens with one attached hydrogen (secondary N) is 1. The highest BCUT2D eigenvalue weighted by Gasteiger charge is 2.20. The number of aryl methyl sites for hydroxylation is 1. The van der Waals surface area contributed by atoms with E-state index in [1.54, 1.807) is 6.08 Å². The molecule has 0 aliphatic rings. The van der Waals surface area contributed by atoms with Gasteiger partial charge in [0.1, 0.15) is 0 Å². The van der Waals surface area contributed by atoms with E-state index in [0.717, 1.165) is 16.7 Å². The predicted molar refractivity (Wildman–Crippen MR) is 113 cm³/mol. The van der Waals surface area contributed by atoms with Crippen molar-refractivity contribution in [2.75, 3.05) is 0 Å². The minimum absolute atomic E-state index is 0.0340. The van der Waals surface area contributed by atoms with Crippen LogP contribution in [0.25, 0.3) is 6.08 Å². The lowest BCUT2D eigenvalue weighted by molar-refractivity contribution is -0.384. The summed E-state index contributed by atoms with van der Waals surface area (Å²) in [7, 11) is -3.89. The van der Waals surface area contributed by atoms with Gasteiger partial charge in [0.15, 0.2) is 0 Å². The molecule has 6 nitrogen and oxygen atoms in total. The molecule has 3 aromatic rings. The van der Waals surface area contributed by atoms with E-state index in [0.29, 0.717) is 0 Å². The van der Waals surface area contributed by atoms with E-state index in [-0.39, 0.29) is 10.6 Å². The van der Waals surface area contributed by atoms with Crippen LogP contribution in [0.1, 0.15) is 22.7 Å². The van der Waals surface area contributed by atoms with Crippen molar-refractivity contribution in [3.8, 4) is 0 Å². The van der Waals surface area contributed by atoms with Crippen LogP contribution >= 0.6 is 0 Å². The van der Waals surface area contributed by atoms with Crippen molar-refractivity contribution in [2.45, 2.75) is 17.9 Å². The third-order valence-corrected chi connectivity index (χ3v) is 5.81. The van der Waals surface area contributed by atoms with Gasteiger partial charge in [-0.1, -0.05) is 72.3 Å². The standard InChI is InChI=1S/C22H20N2O4S/c1-17-7-10-19(11-8-17)22(16-9-18-5-3-2-4-6-18)23-29(27,28)21-14-12-20(13-15-21)24(25)26/h2-16,22-23H,1H3/b16-9+/t22-/m1/s1. The number of nitro groups is 1. The van der Waals surface area contributed by atoms with Gasteiger partial charge in [0, 0.05) is 12.1 Å². The van der Waals surface area contributed by atoms with Crippen molar-refractivity contribution in [2.24, 2.45) is 0 Å². The summed E-state index contributed by atoms with van der Waals surface area (Å²) in [4.78, 5) is 10.2. The number of rotatable bonds is 7. The third kappa shape index (κ3) is 5.37. The van der Waals surface area contributed by atoms with Crippen LogP contribution in [-0.2, 0) is 10.0 Å². The van der Waals surface area contributed by atoms with E-state index in [1.165, 1.54) is 24.3 Å². The first kappa shape index (κ1) is 20.4. The molecule has 0 aromatic heterocycles. The molecule has 0 amide bonds. The van der Waals surface area contributed by atoms with Gasteiger partial charge in [-0.15, -0.1) is 0 Å². The van der Waals surface area contributed by atoms with Gasteiger partial charge in [0.25, 0.3) is 5.69 Å². The fourth-order valence-corrected chi connectivity index (χ4v) is 3.93. The zero-order chi connectivity index (χ0) is 20.9. The molecule has 148 valence electrons. The van der Waals surface area contributed by atoms with E-state index in [4.69, 9.17) is 0 Å². The second-order valence-corrected chi connectivity index (χ2v) is 8.24. The molecule has 7 heteroatoms. The van der Waals surface area contributed by atoms with Crippen molar-refractivity contribution in [1.29, 1.82) is 0 Å². The second-order valence-electron chi connectivity index (χ2n) is 6.53. The second kappa shape index (κ2) is 8.81. The van der Waals surface area contributed by atoms with Crippen LogP contribution < -0.4 is 4.72 Å². The van der Waals surface area contributed by atoms with Crippen LogP contribution in [0.5, 0.6) is 0 Å². The van der Waals surface area contributed by atoms with Crippen molar-refractivity contribution in [1.82, 2.24) is 4.72 Å². The average molecular weight is 408 g/mol. The Morgan fingerprint density at radius 1 is 0.931 bits per heavy atom. The highest BCUT2D eigenvalue weighted by molar-refractivity contribution is 7.89. The Morgan fingerprint density at radius 3 is 2.14 bits per heavy atom. The SMILES string of the molecule is Cc1ccc([C@@H](/C=C/c2ccccc2)NS(=O)(=O)c2ccc([N+](=O)[O-])cc2)cc1. The normalized spacial score (nSPS) is 12.7. The molecule has 0 bridgehead atoms. The number of non-ortho nitro benzene ring substituents is 1. The van der Waals surface area contributed by atoms with Gasteiger partial charge in [0.2, 0.25) is 10.0 Å². The highest BCUT2D eigenvalue weighted by atomic mass is 32.2. The van der Waals surface area contributed by atoms with Crippen LogP contribution in [0.15, 0.2) is 89.8 Å². The maximum absolute atomic E-state index is 12.9. The van der Waals surface area contributed by atoms with Gasteiger partial charge >= 0.3 is 0 Å². The first-order valence-corrected chi connectivity index (χ1v) is 10.4. The largest absolute Gasteiger partial charge is 0.269 e. The van der Waals surface area contributed by atoms with Gasteiger partial charge < -0.3 is 0 Å². The lowest BCUT2D eigenvalue weighted by Crippen LogP contribution is -2.27. The van der Waals surface area contributed by atoms with Crippen LogP contribution in [-0.4, -0.2) is 13.3 Å². The molecule has 29 heavy (non-hydrogen) atoms. The number of benzene rings is 3. The van der Waals surface area contributed by atoms with E-state index >= 15 is 0 Å². The molecule has 3 rings (SSSR count). The van der Waals surface area contributed by atoms with E-state index in [9.17, 15) is 18.5 Å². The molecule has 0 saturated heterocycles. The smallest absolute Gasteiger partial charge is 0.258 e. The van der Waals surface area contributed by atoms with Crippen molar-refractivity contribution in [3.05, 3.63) is 112 Å². The summed E-state index contributed by atoms with van der Waals surface area (Å²) >= 11 is 0. The van der Waals surface area contributed by atoms with Crippen LogP contribution in [0, 0.1) is 17.0 Å². The first-order chi connectivity index (χ1) is 13.8. The summed E-state index contributed by atoms with van der Waals surface area (Å²) in [6.45, 7) is 1.96. The van der Waals surface area contributed by atoms with Crippen LogP contribution in [0.2, 0.25) is 0 Å². The number of nitro benzene ring substituents is 1. The summed E-state index contributed by atoms with van der Waals surface area (Å²) in [5, 5.41) is 10.8. The zero-order valence-corrected chi connectivity index (χ0v) is 16.5. The molecule has 0 radical (unpaired) electrons. The van der Waals surface area contributed by atoms with Gasteiger partial charge in [-0.05, 0) is 30.2 Å². The predicted octanol–water partition coefficient (Wildman–Crippen LogP) is 4.64. The number of sulfonamides is 1. The molecule has 0 aliphatic heterocycles. The lowest BCUT2D eigenvalue weighted by atomic mass is 10.0. The summed E-state index contributed by atoms with van der Waals surface area (Å²) in [6, 6.07) is 21.3. The summed E-state index contributed by atoms with van der Waals surface area (Å²) in [5.41, 5.74) is 2.63. The molecule has 1 N–H and O–H groups in total. The highest BCUT2D eigenvalue weighted by Crippen LogP contribution is 2.22. The Bertz CT molecular complexity index is 1110. The maximum atomic E-state index is 12.9. The van der Waals surface area contributed by atoms with Gasteiger partial charge in [-0.2, -0.15) is 4.72 Å². The summed E-state index contributed by atoms with van der Waals surface area (Å²) in [5.74, 6) is 0. The minimum Gasteiger partial charge on any atom is -0.258 e. The van der Waals surface area contributed by atoms with Crippen LogP contribution in [0.3, 0.4) is 0 Å². The molecule has 1 atom stereocenters. The van der Waals surface area contributed by atoms with E-state index in [1.807, 2.05) is 67.6 Å². The molecular formula is C22H20N2O4S. The fraction of sp³-hybridized carbons (Fsp3) is 0.0909. The molecule has 0 heterocycles. The van der Waals surface area contributed by atoms with Crippen molar-refractivity contribution in [3.63, 3.8) is 0 Å². The summed E-state index contributed by atoms with van der Waals surface area (Å²) in [6.07, 6.45) is 3.63. The Hall–Kier alpha value is -3.29. The average Bonchev–Trinajstić information content (AvgIpc) is 2.72. The first-order valence-electron chi connectivity index (χ1n) is 8.92. The fourth-order valence-electron chi connectivity index (χ4n) is 2.75. The van der Waals surface area contributed by atoms with E-state index < -0.39 is 21.0 Å². The zero-order valence-electron chi connectivity index (χ0n) is 15.7. The Balaban J connectivity index is 1.91. The molecule has 0 fully saturated rings. The van der Waals surface area contributed by atoms with Crippen molar-refractivity contribution >= 4 is 21.8 Å². The molecule has 0 unspecified atom stereocenters. The molecule has 3 aromatic carbocycles. The van der Waals surface area contributed by atoms with Gasteiger partial charge in [-0.25, -0.2) is 8.42 Å². The Morgan fingerprint density at radius 2 is 1.55 bits per heavy atom. The number of nitrogens with zero attached hydrogens (tertiary/aromatic N) is 1. The molecule has 0 spiro atoms. The number of hydrogen-bond acceptors (Lipinski definition) is 4. The van der Waals surface area contributed by atoms with Gasteiger partial charge in [0.05, 0.1) is 15.9 Å². The van der Waals surface area contributed by atoms with E-state index in [2.05, 4.69) is 4.72 Å².